The number of aromatic hydroxyl groups is 1. The first-order valence-corrected chi connectivity index (χ1v) is 12.5. The molecule has 1 fully saturated rings. The number of pyridine rings is 1. The molecule has 1 aromatic heterocycles. The van der Waals surface area contributed by atoms with Crippen LogP contribution in [-0.2, 0) is 16.0 Å². The van der Waals surface area contributed by atoms with E-state index < -0.39 is 5.97 Å². The number of hydrogen-bond acceptors (Lipinski definition) is 5. The summed E-state index contributed by atoms with van der Waals surface area (Å²) in [6.45, 7) is -0.281. The summed E-state index contributed by atoms with van der Waals surface area (Å²) in [5.74, 6) is -0.508. The number of benzene rings is 2. The highest BCUT2D eigenvalue weighted by molar-refractivity contribution is 6.07. The van der Waals surface area contributed by atoms with Crippen LogP contribution in [0.25, 0.3) is 22.6 Å². The highest BCUT2D eigenvalue weighted by atomic mass is 16.5. The molecule has 3 aromatic rings. The lowest BCUT2D eigenvalue weighted by Gasteiger charge is -2.16. The number of phenols is 1. The van der Waals surface area contributed by atoms with Crippen molar-refractivity contribution >= 4 is 34.4 Å². The predicted octanol–water partition coefficient (Wildman–Crippen LogP) is 5.42. The summed E-state index contributed by atoms with van der Waals surface area (Å²) < 4.78 is 5.54. The number of carbonyl (C=O) groups is 2. The molecule has 0 saturated heterocycles. The van der Waals surface area contributed by atoms with Gasteiger partial charge in [0.15, 0.2) is 6.61 Å². The van der Waals surface area contributed by atoms with E-state index in [9.17, 15) is 14.7 Å². The quantitative estimate of drug-likeness (QED) is 0.384. The van der Waals surface area contributed by atoms with Crippen LogP contribution in [0.2, 0.25) is 0 Å². The standard InChI is InChI=1S/C29H30N2O4/c32-22-14-11-19(12-15-22)17-20-13-16-24-27(23-9-5-6-10-25(23)31-28(20)24)29(34)35-18-26(33)30-21-7-3-1-2-4-8-21/h5-6,9-12,14-15,17,21,32H,1-4,7-8,13,16,18H2,(H,30,33). The molecule has 1 saturated carbocycles. The Bertz CT molecular complexity index is 1270. The van der Waals surface area contributed by atoms with Crippen molar-refractivity contribution in [1.29, 1.82) is 0 Å². The number of fused-ring (bicyclic) bond motifs is 2. The van der Waals surface area contributed by atoms with Crippen molar-refractivity contribution in [1.82, 2.24) is 10.3 Å². The number of phenolic OH excluding ortho intramolecular Hbond substituents is 1. The zero-order valence-corrected chi connectivity index (χ0v) is 19.8. The summed E-state index contributed by atoms with van der Waals surface area (Å²) in [6, 6.07) is 14.7. The van der Waals surface area contributed by atoms with Crippen LogP contribution < -0.4 is 5.32 Å². The third-order valence-corrected chi connectivity index (χ3v) is 6.93. The fourth-order valence-corrected chi connectivity index (χ4v) is 5.18. The summed E-state index contributed by atoms with van der Waals surface area (Å²) >= 11 is 0. The first kappa shape index (κ1) is 23.1. The molecule has 35 heavy (non-hydrogen) atoms. The Morgan fingerprint density at radius 2 is 1.74 bits per heavy atom. The van der Waals surface area contributed by atoms with Crippen LogP contribution in [0.15, 0.2) is 48.5 Å². The number of allylic oxidation sites excluding steroid dienone is 1. The number of ether oxygens (including phenoxy) is 1. The molecule has 0 bridgehead atoms. The van der Waals surface area contributed by atoms with Gasteiger partial charge in [0.1, 0.15) is 5.75 Å². The Morgan fingerprint density at radius 3 is 2.51 bits per heavy atom. The van der Waals surface area contributed by atoms with Crippen molar-refractivity contribution in [3.8, 4) is 5.75 Å². The summed E-state index contributed by atoms with van der Waals surface area (Å²) in [6.07, 6.45) is 10.1. The first-order valence-electron chi connectivity index (χ1n) is 12.5. The highest BCUT2D eigenvalue weighted by Crippen LogP contribution is 2.38. The zero-order valence-electron chi connectivity index (χ0n) is 19.8. The SMILES string of the molecule is O=C(COC(=O)c1c2c(nc3ccccc13)C(=Cc1ccc(O)cc1)CC2)NC1CCCCCC1. The predicted molar refractivity (Wildman–Crippen MR) is 136 cm³/mol. The topological polar surface area (TPSA) is 88.5 Å². The van der Waals surface area contributed by atoms with E-state index in [2.05, 4.69) is 5.32 Å². The van der Waals surface area contributed by atoms with Gasteiger partial charge in [-0.2, -0.15) is 0 Å². The Kier molecular flexibility index (Phi) is 6.80. The third-order valence-electron chi connectivity index (χ3n) is 6.93. The summed E-state index contributed by atoms with van der Waals surface area (Å²) in [7, 11) is 0. The van der Waals surface area contributed by atoms with E-state index in [-0.39, 0.29) is 24.3 Å². The van der Waals surface area contributed by atoms with Crippen LogP contribution in [0.5, 0.6) is 5.75 Å². The van der Waals surface area contributed by atoms with Gasteiger partial charge in [0.05, 0.1) is 16.8 Å². The monoisotopic (exact) mass is 470 g/mol. The molecule has 2 aliphatic rings. The second kappa shape index (κ2) is 10.3. The Balaban J connectivity index is 1.39. The number of carbonyl (C=O) groups excluding carboxylic acids is 2. The van der Waals surface area contributed by atoms with Gasteiger partial charge in [-0.05, 0) is 66.7 Å². The maximum absolute atomic E-state index is 13.3. The number of nitrogens with zero attached hydrogens (tertiary/aromatic N) is 1. The lowest BCUT2D eigenvalue weighted by atomic mass is 10.0. The molecule has 6 nitrogen and oxygen atoms in total. The minimum atomic E-state index is -0.484. The molecule has 1 amide bonds. The van der Waals surface area contributed by atoms with E-state index in [1.165, 1.54) is 12.8 Å². The minimum absolute atomic E-state index is 0.169. The van der Waals surface area contributed by atoms with Crippen molar-refractivity contribution in [3.63, 3.8) is 0 Å². The van der Waals surface area contributed by atoms with E-state index in [4.69, 9.17) is 9.72 Å². The molecule has 2 N–H and O–H groups in total. The Labute approximate surface area is 205 Å². The molecule has 1 heterocycles. The van der Waals surface area contributed by atoms with Crippen LogP contribution in [0, 0.1) is 0 Å². The number of esters is 1. The average Bonchev–Trinajstić information content (AvgIpc) is 3.07. The molecule has 0 spiro atoms. The molecule has 2 aliphatic carbocycles. The fraction of sp³-hybridized carbons (Fsp3) is 0.345. The van der Waals surface area contributed by atoms with Gasteiger partial charge in [-0.3, -0.25) is 4.79 Å². The molecular formula is C29H30N2O4. The fourth-order valence-electron chi connectivity index (χ4n) is 5.18. The van der Waals surface area contributed by atoms with Crippen molar-refractivity contribution < 1.29 is 19.4 Å². The molecule has 0 unspecified atom stereocenters. The first-order chi connectivity index (χ1) is 17.1. The normalized spacial score (nSPS) is 17.2. The molecule has 2 aromatic carbocycles. The highest BCUT2D eigenvalue weighted by Gasteiger charge is 2.28. The van der Waals surface area contributed by atoms with Crippen LogP contribution in [0.1, 0.15) is 72.1 Å². The van der Waals surface area contributed by atoms with Crippen LogP contribution in [0.4, 0.5) is 0 Å². The lowest BCUT2D eigenvalue weighted by molar-refractivity contribution is -0.125. The van der Waals surface area contributed by atoms with Gasteiger partial charge in [-0.25, -0.2) is 9.78 Å². The number of amides is 1. The Hall–Kier alpha value is -3.67. The maximum atomic E-state index is 13.3. The second-order valence-electron chi connectivity index (χ2n) is 9.42. The number of hydrogen-bond donors (Lipinski definition) is 2. The van der Waals surface area contributed by atoms with Crippen molar-refractivity contribution in [2.45, 2.75) is 57.4 Å². The molecule has 6 heteroatoms. The summed E-state index contributed by atoms with van der Waals surface area (Å²) in [5.41, 5.74) is 4.88. The van der Waals surface area contributed by atoms with Gasteiger partial charge in [0.25, 0.3) is 5.91 Å². The number of nitrogens with one attached hydrogen (secondary N) is 1. The molecule has 5 rings (SSSR count). The largest absolute Gasteiger partial charge is 0.508 e. The van der Waals surface area contributed by atoms with Gasteiger partial charge >= 0.3 is 5.97 Å². The van der Waals surface area contributed by atoms with E-state index in [1.807, 2.05) is 42.5 Å². The molecule has 180 valence electrons. The minimum Gasteiger partial charge on any atom is -0.508 e. The summed E-state index contributed by atoms with van der Waals surface area (Å²) in [5, 5.41) is 13.4. The van der Waals surface area contributed by atoms with Crippen LogP contribution >= 0.6 is 0 Å². The van der Waals surface area contributed by atoms with Crippen LogP contribution in [-0.4, -0.2) is 34.6 Å². The zero-order chi connectivity index (χ0) is 24.2. The number of aromatic nitrogens is 1. The maximum Gasteiger partial charge on any atom is 0.339 e. The molecular weight excluding hydrogens is 440 g/mol. The van der Waals surface area contributed by atoms with Crippen molar-refractivity contribution in [3.05, 3.63) is 70.9 Å². The smallest absolute Gasteiger partial charge is 0.339 e. The van der Waals surface area contributed by atoms with Crippen molar-refractivity contribution in [2.75, 3.05) is 6.61 Å². The third kappa shape index (κ3) is 5.21. The van der Waals surface area contributed by atoms with Gasteiger partial charge in [-0.1, -0.05) is 56.0 Å². The average molecular weight is 471 g/mol. The molecule has 0 aliphatic heterocycles. The van der Waals surface area contributed by atoms with E-state index in [0.717, 1.165) is 65.4 Å². The lowest BCUT2D eigenvalue weighted by Crippen LogP contribution is -2.37. The molecule has 0 atom stereocenters. The van der Waals surface area contributed by atoms with Gasteiger partial charge in [0, 0.05) is 11.4 Å². The van der Waals surface area contributed by atoms with Gasteiger partial charge in [0.2, 0.25) is 0 Å². The second-order valence-corrected chi connectivity index (χ2v) is 9.42. The summed E-state index contributed by atoms with van der Waals surface area (Å²) in [4.78, 5) is 30.7. The van der Waals surface area contributed by atoms with E-state index >= 15 is 0 Å². The number of para-hydroxylation sites is 1. The van der Waals surface area contributed by atoms with Gasteiger partial charge in [-0.15, -0.1) is 0 Å². The Morgan fingerprint density at radius 1 is 1.00 bits per heavy atom. The van der Waals surface area contributed by atoms with E-state index in [0.29, 0.717) is 12.0 Å². The van der Waals surface area contributed by atoms with Crippen molar-refractivity contribution in [2.24, 2.45) is 0 Å². The van der Waals surface area contributed by atoms with E-state index in [1.54, 1.807) is 12.1 Å². The number of rotatable bonds is 5. The van der Waals surface area contributed by atoms with Crippen LogP contribution in [0.3, 0.4) is 0 Å². The molecule has 0 radical (unpaired) electrons. The van der Waals surface area contributed by atoms with Gasteiger partial charge < -0.3 is 15.2 Å².